The Kier molecular flexibility index (Phi) is 4.50. The van der Waals surface area contributed by atoms with Crippen LogP contribution in [0.25, 0.3) is 0 Å². The van der Waals surface area contributed by atoms with Crippen LogP contribution in [0.4, 0.5) is 0 Å². The van der Waals surface area contributed by atoms with E-state index in [2.05, 4.69) is 9.82 Å². The van der Waals surface area contributed by atoms with Crippen molar-refractivity contribution >= 4 is 10.0 Å². The molecule has 0 aliphatic rings. The molecular weight excluding hydrogens is 276 g/mol. The van der Waals surface area contributed by atoms with Gasteiger partial charge in [0.1, 0.15) is 0 Å². The van der Waals surface area contributed by atoms with Gasteiger partial charge in [-0.05, 0) is 23.8 Å². The van der Waals surface area contributed by atoms with E-state index in [1.807, 2.05) is 6.07 Å². The maximum atomic E-state index is 11.9. The summed E-state index contributed by atoms with van der Waals surface area (Å²) in [5.41, 5.74) is 1.16. The van der Waals surface area contributed by atoms with Gasteiger partial charge in [0.15, 0.2) is 0 Å². The minimum absolute atomic E-state index is 0.0994. The van der Waals surface area contributed by atoms with Gasteiger partial charge in [-0.25, -0.2) is 13.1 Å². The van der Waals surface area contributed by atoms with Crippen LogP contribution in [0.5, 0.6) is 0 Å². The van der Waals surface area contributed by atoms with Crippen LogP contribution in [0.3, 0.4) is 0 Å². The molecule has 0 fully saturated rings. The molecule has 0 saturated heterocycles. The minimum Gasteiger partial charge on any atom is -0.271 e. The van der Waals surface area contributed by atoms with Gasteiger partial charge in [0, 0.05) is 18.9 Å². The molecule has 0 saturated carbocycles. The summed E-state index contributed by atoms with van der Waals surface area (Å²) in [6.07, 6.45) is 3.42. The van der Waals surface area contributed by atoms with Crippen molar-refractivity contribution in [2.45, 2.75) is 12.3 Å². The van der Waals surface area contributed by atoms with E-state index in [1.165, 1.54) is 0 Å². The summed E-state index contributed by atoms with van der Waals surface area (Å²) in [5.74, 6) is -0.0994. The van der Waals surface area contributed by atoms with Gasteiger partial charge in [-0.15, -0.1) is 0 Å². The molecule has 6 nitrogen and oxygen atoms in total. The van der Waals surface area contributed by atoms with E-state index in [-0.39, 0.29) is 5.75 Å². The molecule has 1 N–H and O–H groups in total. The highest BCUT2D eigenvalue weighted by Crippen LogP contribution is 2.07. The summed E-state index contributed by atoms with van der Waals surface area (Å²) in [6, 6.07) is 10.3. The maximum absolute atomic E-state index is 11.9. The summed E-state index contributed by atoms with van der Waals surface area (Å²) in [5, 5.41) is 12.7. The Morgan fingerprint density at radius 3 is 2.65 bits per heavy atom. The zero-order chi connectivity index (χ0) is 14.4. The van der Waals surface area contributed by atoms with Crippen LogP contribution >= 0.6 is 0 Å². The Hall–Kier alpha value is -2.17. The number of nitrogens with one attached hydrogen (secondary N) is 1. The first-order chi connectivity index (χ1) is 9.59. The highest BCUT2D eigenvalue weighted by atomic mass is 32.2. The fourth-order valence-corrected chi connectivity index (χ4v) is 2.83. The summed E-state index contributed by atoms with van der Waals surface area (Å²) >= 11 is 0. The maximum Gasteiger partial charge on any atom is 0.215 e. The normalized spacial score (nSPS) is 11.2. The number of hydrogen-bond acceptors (Lipinski definition) is 4. The predicted molar refractivity (Wildman–Crippen MR) is 74.0 cm³/mol. The van der Waals surface area contributed by atoms with Crippen molar-refractivity contribution in [1.29, 1.82) is 5.26 Å². The van der Waals surface area contributed by atoms with Crippen molar-refractivity contribution in [3.8, 4) is 6.07 Å². The average Bonchev–Trinajstić information content (AvgIpc) is 2.92. The average molecular weight is 290 g/mol. The Bertz CT molecular complexity index is 685. The van der Waals surface area contributed by atoms with E-state index in [9.17, 15) is 8.42 Å². The molecule has 1 aromatic carbocycles. The number of rotatable bonds is 6. The van der Waals surface area contributed by atoms with Crippen LogP contribution in [-0.4, -0.2) is 24.7 Å². The lowest BCUT2D eigenvalue weighted by Crippen LogP contribution is -2.28. The molecule has 20 heavy (non-hydrogen) atoms. The molecule has 1 heterocycles. The molecule has 0 aliphatic carbocycles. The lowest BCUT2D eigenvalue weighted by molar-refractivity contribution is 0.560. The van der Waals surface area contributed by atoms with Crippen molar-refractivity contribution in [2.24, 2.45) is 0 Å². The van der Waals surface area contributed by atoms with Gasteiger partial charge >= 0.3 is 0 Å². The summed E-state index contributed by atoms with van der Waals surface area (Å²) in [6.45, 7) is 0.778. The topological polar surface area (TPSA) is 87.8 Å². The van der Waals surface area contributed by atoms with E-state index >= 15 is 0 Å². The van der Waals surface area contributed by atoms with Crippen LogP contribution < -0.4 is 4.72 Å². The van der Waals surface area contributed by atoms with Gasteiger partial charge in [0.2, 0.25) is 10.0 Å². The lowest BCUT2D eigenvalue weighted by atomic mass is 10.2. The second-order valence-corrected chi connectivity index (χ2v) is 6.04. The summed E-state index contributed by atoms with van der Waals surface area (Å²) in [4.78, 5) is 0. The molecule has 0 bridgehead atoms. The van der Waals surface area contributed by atoms with E-state index in [0.717, 1.165) is 0 Å². The predicted octanol–water partition coefficient (Wildman–Crippen LogP) is 0.874. The van der Waals surface area contributed by atoms with Gasteiger partial charge in [-0.1, -0.05) is 12.1 Å². The van der Waals surface area contributed by atoms with Crippen LogP contribution in [0.1, 0.15) is 11.1 Å². The molecule has 0 aliphatic heterocycles. The third-order valence-corrected chi connectivity index (χ3v) is 4.02. The molecule has 2 rings (SSSR count). The van der Waals surface area contributed by atoms with Crippen molar-refractivity contribution in [2.75, 3.05) is 6.54 Å². The molecule has 0 unspecified atom stereocenters. The first kappa shape index (κ1) is 14.2. The molecule has 0 radical (unpaired) electrons. The number of aromatic nitrogens is 2. The van der Waals surface area contributed by atoms with E-state index in [0.29, 0.717) is 24.2 Å². The smallest absolute Gasteiger partial charge is 0.215 e. The summed E-state index contributed by atoms with van der Waals surface area (Å²) in [7, 11) is -3.38. The molecule has 0 atom stereocenters. The molecular formula is C13H14N4O2S. The molecule has 1 aromatic heterocycles. The molecule has 104 valence electrons. The van der Waals surface area contributed by atoms with Gasteiger partial charge in [0.05, 0.1) is 23.9 Å². The first-order valence-electron chi connectivity index (χ1n) is 6.03. The van der Waals surface area contributed by atoms with Crippen molar-refractivity contribution in [1.82, 2.24) is 14.5 Å². The minimum atomic E-state index is -3.38. The number of benzene rings is 1. The number of nitriles is 1. The highest BCUT2D eigenvalue weighted by molar-refractivity contribution is 7.88. The summed E-state index contributed by atoms with van der Waals surface area (Å²) < 4.78 is 27.9. The monoisotopic (exact) mass is 290 g/mol. The Balaban J connectivity index is 1.88. The fourth-order valence-electron chi connectivity index (χ4n) is 1.69. The largest absolute Gasteiger partial charge is 0.271 e. The van der Waals surface area contributed by atoms with Crippen molar-refractivity contribution in [3.63, 3.8) is 0 Å². The second kappa shape index (κ2) is 6.32. The highest BCUT2D eigenvalue weighted by Gasteiger charge is 2.10. The Labute approximate surface area is 117 Å². The number of hydrogen-bond donors (Lipinski definition) is 1. The van der Waals surface area contributed by atoms with Gasteiger partial charge < -0.3 is 0 Å². The standard InChI is InChI=1S/C13H14N4O2S/c14-10-12-2-4-13(5-3-12)11-20(18,19)16-7-9-17-8-1-6-15-17/h1-6,8,16H,7,9,11H2. The fraction of sp³-hybridized carbons (Fsp3) is 0.231. The van der Waals surface area contributed by atoms with Gasteiger partial charge in [-0.3, -0.25) is 4.68 Å². The van der Waals surface area contributed by atoms with Crippen molar-refractivity contribution in [3.05, 3.63) is 53.9 Å². The Morgan fingerprint density at radius 1 is 1.30 bits per heavy atom. The van der Waals surface area contributed by atoms with Gasteiger partial charge in [0.25, 0.3) is 0 Å². The van der Waals surface area contributed by atoms with Crippen molar-refractivity contribution < 1.29 is 8.42 Å². The van der Waals surface area contributed by atoms with Crippen LogP contribution in [0, 0.1) is 11.3 Å². The molecule has 0 amide bonds. The molecule has 7 heteroatoms. The van der Waals surface area contributed by atoms with E-state index < -0.39 is 10.0 Å². The molecule has 2 aromatic rings. The first-order valence-corrected chi connectivity index (χ1v) is 7.68. The zero-order valence-corrected chi connectivity index (χ0v) is 11.5. The number of sulfonamides is 1. The third-order valence-electron chi connectivity index (χ3n) is 2.66. The second-order valence-electron chi connectivity index (χ2n) is 4.23. The SMILES string of the molecule is N#Cc1ccc(CS(=O)(=O)NCCn2cccn2)cc1. The van der Waals surface area contributed by atoms with Crippen LogP contribution in [-0.2, 0) is 22.3 Å². The zero-order valence-electron chi connectivity index (χ0n) is 10.7. The van der Waals surface area contributed by atoms with Crippen LogP contribution in [0.15, 0.2) is 42.7 Å². The number of nitrogens with zero attached hydrogens (tertiary/aromatic N) is 3. The molecule has 0 spiro atoms. The Morgan fingerprint density at radius 2 is 2.05 bits per heavy atom. The van der Waals surface area contributed by atoms with Gasteiger partial charge in [-0.2, -0.15) is 10.4 Å². The van der Waals surface area contributed by atoms with Crippen LogP contribution in [0.2, 0.25) is 0 Å². The van der Waals surface area contributed by atoms with E-state index in [1.54, 1.807) is 47.4 Å². The quantitative estimate of drug-likeness (QED) is 0.855. The lowest BCUT2D eigenvalue weighted by Gasteiger charge is -2.07. The van der Waals surface area contributed by atoms with E-state index in [4.69, 9.17) is 5.26 Å². The third kappa shape index (κ3) is 4.19.